The second-order valence-corrected chi connectivity index (χ2v) is 19.9. The van der Waals surface area contributed by atoms with E-state index in [-0.39, 0.29) is 89.7 Å². The Hall–Kier alpha value is -6.93. The van der Waals surface area contributed by atoms with Crippen LogP contribution in [0.15, 0.2) is 24.3 Å². The number of hydrogen-bond acceptors (Lipinski definition) is 18. The number of carbonyl (C=O) groups is 13. The van der Waals surface area contributed by atoms with Crippen LogP contribution >= 0.6 is 0 Å². The predicted octanol–water partition coefficient (Wildman–Crippen LogP) is 0.294. The third-order valence-electron chi connectivity index (χ3n) is 11.0. The number of amides is 9. The highest BCUT2D eigenvalue weighted by Gasteiger charge is 2.33. The van der Waals surface area contributed by atoms with Gasteiger partial charge in [-0.05, 0) is 80.8 Å². The minimum Gasteiger partial charge on any atom is -0.481 e. The number of esters is 1. The molecule has 0 saturated carbocycles. The van der Waals surface area contributed by atoms with Gasteiger partial charge in [-0.1, -0.05) is 0 Å². The van der Waals surface area contributed by atoms with Crippen molar-refractivity contribution in [3.8, 4) is 0 Å². The highest BCUT2D eigenvalue weighted by Crippen LogP contribution is 2.14. The summed E-state index contributed by atoms with van der Waals surface area (Å²) in [5, 5.41) is 17.3. The van der Waals surface area contributed by atoms with Gasteiger partial charge >= 0.3 is 18.0 Å². The number of nitrogens with zero attached hydrogens (tertiary/aromatic N) is 5. The van der Waals surface area contributed by atoms with Crippen molar-refractivity contribution in [2.75, 3.05) is 93.9 Å². The van der Waals surface area contributed by atoms with E-state index < -0.39 is 95.0 Å². The molecular weight excluding hydrogens is 1010 g/mol. The van der Waals surface area contributed by atoms with Crippen LogP contribution in [0.3, 0.4) is 0 Å². The van der Waals surface area contributed by atoms with Crippen molar-refractivity contribution in [3.63, 3.8) is 0 Å². The average Bonchev–Trinajstić information content (AvgIpc) is 3.84. The van der Waals surface area contributed by atoms with E-state index in [1.54, 1.807) is 55.6 Å². The van der Waals surface area contributed by atoms with Gasteiger partial charge < -0.3 is 54.7 Å². The number of Topliss-reactive ketones (excluding diaryl/α,β-unsaturated/α-hetero) is 2. The first-order valence-corrected chi connectivity index (χ1v) is 25.3. The smallest absolute Gasteiger partial charge is 0.410 e. The van der Waals surface area contributed by atoms with Gasteiger partial charge in [0.1, 0.15) is 48.1 Å². The number of aliphatic carboxylic acids is 1. The van der Waals surface area contributed by atoms with E-state index in [0.717, 1.165) is 43.9 Å². The topological polar surface area (TPSA) is 331 Å². The van der Waals surface area contributed by atoms with Crippen molar-refractivity contribution in [1.29, 1.82) is 0 Å². The Morgan fingerprint density at radius 2 is 0.974 bits per heavy atom. The fourth-order valence-corrected chi connectivity index (χ4v) is 6.83. The Morgan fingerprint density at radius 3 is 1.36 bits per heavy atom. The van der Waals surface area contributed by atoms with Crippen molar-refractivity contribution in [2.24, 2.45) is 0 Å². The van der Waals surface area contributed by atoms with E-state index in [2.05, 4.69) is 16.0 Å². The number of ether oxygens (including phenoxy) is 4. The molecule has 2 heterocycles. The van der Waals surface area contributed by atoms with Crippen molar-refractivity contribution in [1.82, 2.24) is 40.4 Å². The summed E-state index contributed by atoms with van der Waals surface area (Å²) in [5.74, 6) is -6.18. The highest BCUT2D eigenvalue weighted by molar-refractivity contribution is 6.13. The number of hydrogen-bond donors (Lipinski definition) is 4. The molecule has 0 fully saturated rings. The third-order valence-corrected chi connectivity index (χ3v) is 11.0. The summed E-state index contributed by atoms with van der Waals surface area (Å²) < 4.78 is 21.3. The van der Waals surface area contributed by atoms with Crippen LogP contribution in [0.2, 0.25) is 0 Å². The molecule has 26 heteroatoms. The van der Waals surface area contributed by atoms with Crippen LogP contribution in [0.4, 0.5) is 4.79 Å². The fourth-order valence-electron chi connectivity index (χ4n) is 6.83. The maximum absolute atomic E-state index is 13.1. The van der Waals surface area contributed by atoms with Crippen molar-refractivity contribution in [3.05, 3.63) is 24.3 Å². The lowest BCUT2D eigenvalue weighted by Gasteiger charge is -2.28. The number of nitrogens with one attached hydrogen (secondary N) is 3. The maximum atomic E-state index is 13.1. The zero-order valence-corrected chi connectivity index (χ0v) is 46.2. The molecule has 0 aromatic heterocycles. The molecule has 0 spiro atoms. The molecule has 0 saturated heterocycles. The van der Waals surface area contributed by atoms with Crippen LogP contribution in [0, 0.1) is 0 Å². The standard InChI is InChI=1S/C30H48N4O10.C21H32N4O8/c1-29(2,3)43-26(39)19-22(27(40)31-15-10-16-32(7)28(41)44-30(4,5)6)33(8)25(38)20-42-18-9-11-21(35)14-17-34-23(36)12-13-24(34)37;1-22-9-4-10-23-21(32)16(13-20(30)31)24(2)19(29)14-33-12-3-5-15(26)8-11-25-17(27)6-7-18(25)28/h12-13,22H,9-11,14-20H2,1-8H3,(H,31,40);6-7,16,22H,3-5,8-14H2,1-2H3,(H,23,32)(H,30,31)/t22-;16-/m00/s1. The molecule has 0 bridgehead atoms. The molecule has 4 N–H and O–H groups in total. The molecule has 2 aliphatic heterocycles. The van der Waals surface area contributed by atoms with Crippen LogP contribution < -0.4 is 16.0 Å². The minimum absolute atomic E-state index is 0.00911. The lowest BCUT2D eigenvalue weighted by molar-refractivity contribution is -0.159. The number of rotatable bonds is 34. The zero-order chi connectivity index (χ0) is 58.5. The number of imide groups is 2. The molecule has 432 valence electrons. The molecule has 0 aromatic rings. The van der Waals surface area contributed by atoms with Gasteiger partial charge in [0.15, 0.2) is 0 Å². The predicted molar refractivity (Wildman–Crippen MR) is 275 cm³/mol. The monoisotopic (exact) mass is 1090 g/mol. The van der Waals surface area contributed by atoms with Crippen LogP contribution in [0.5, 0.6) is 0 Å². The van der Waals surface area contributed by atoms with E-state index in [4.69, 9.17) is 24.1 Å². The van der Waals surface area contributed by atoms with Crippen LogP contribution in [0.1, 0.15) is 106 Å². The van der Waals surface area contributed by atoms with Gasteiger partial charge in [0, 0.05) is 117 Å². The molecule has 2 rings (SSSR count). The Bertz CT molecular complexity index is 2110. The van der Waals surface area contributed by atoms with Crippen molar-refractivity contribution >= 4 is 76.9 Å². The number of carbonyl (C=O) groups excluding carboxylic acids is 12. The number of likely N-dealkylation sites (N-methyl/N-ethyl adjacent to an activating group) is 2. The molecule has 0 aromatic carbocycles. The maximum Gasteiger partial charge on any atom is 0.410 e. The second kappa shape index (κ2) is 34.7. The van der Waals surface area contributed by atoms with E-state index in [9.17, 15) is 62.3 Å². The molecule has 0 unspecified atom stereocenters. The molecule has 2 aliphatic rings. The zero-order valence-electron chi connectivity index (χ0n) is 46.2. The van der Waals surface area contributed by atoms with Gasteiger partial charge in [-0.2, -0.15) is 0 Å². The number of carboxylic acid groups (broad SMARTS) is 1. The molecule has 0 radical (unpaired) electrons. The molecular formula is C51H80N8O18. The normalized spacial score (nSPS) is 13.8. The summed E-state index contributed by atoms with van der Waals surface area (Å²) in [6, 6.07) is -2.34. The van der Waals surface area contributed by atoms with E-state index in [1.165, 1.54) is 19.0 Å². The quantitative estimate of drug-likeness (QED) is 0.0382. The van der Waals surface area contributed by atoms with Gasteiger partial charge in [-0.3, -0.25) is 67.3 Å². The van der Waals surface area contributed by atoms with Crippen LogP contribution in [-0.2, 0) is 76.5 Å². The van der Waals surface area contributed by atoms with E-state index in [0.29, 0.717) is 45.3 Å². The molecule has 0 aliphatic carbocycles. The summed E-state index contributed by atoms with van der Waals surface area (Å²) in [6.45, 7) is 11.4. The number of ketones is 2. The van der Waals surface area contributed by atoms with Crippen LogP contribution in [-0.4, -0.2) is 224 Å². The summed E-state index contributed by atoms with van der Waals surface area (Å²) >= 11 is 0. The summed E-state index contributed by atoms with van der Waals surface area (Å²) in [4.78, 5) is 162. The van der Waals surface area contributed by atoms with E-state index >= 15 is 0 Å². The Kier molecular flexibility index (Phi) is 30.7. The largest absolute Gasteiger partial charge is 0.481 e. The van der Waals surface area contributed by atoms with Crippen LogP contribution in [0.25, 0.3) is 0 Å². The SMILES string of the molecule is CN(CCCNC(=O)[C@H](CC(=O)OC(C)(C)C)N(C)C(=O)COCCCC(=O)CCN1C(=O)C=CC1=O)C(=O)OC(C)(C)C.CNCCCNC(=O)[C@H](CC(=O)O)N(C)C(=O)COCCCC(=O)CCN1C(=O)C=CC1=O. The first kappa shape index (κ1) is 68.1. The Balaban J connectivity index is 0.000000802. The van der Waals surface area contributed by atoms with Crippen molar-refractivity contribution < 1.29 is 86.4 Å². The van der Waals surface area contributed by atoms with Crippen molar-refractivity contribution in [2.45, 2.75) is 129 Å². The van der Waals surface area contributed by atoms with Gasteiger partial charge in [-0.25, -0.2) is 4.79 Å². The van der Waals surface area contributed by atoms with Gasteiger partial charge in [0.25, 0.3) is 23.6 Å². The Morgan fingerprint density at radius 1 is 0.571 bits per heavy atom. The van der Waals surface area contributed by atoms with Gasteiger partial charge in [0.2, 0.25) is 23.6 Å². The lowest BCUT2D eigenvalue weighted by Crippen LogP contribution is -2.50. The minimum atomic E-state index is -1.21. The number of carboxylic acids is 1. The highest BCUT2D eigenvalue weighted by atomic mass is 16.6. The fraction of sp³-hybridized carbons (Fsp3) is 0.667. The van der Waals surface area contributed by atoms with E-state index in [1.807, 2.05) is 0 Å². The first-order valence-electron chi connectivity index (χ1n) is 25.3. The molecule has 9 amide bonds. The average molecular weight is 1090 g/mol. The Labute approximate surface area is 449 Å². The lowest BCUT2D eigenvalue weighted by atomic mass is 10.1. The first-order chi connectivity index (χ1) is 36.0. The van der Waals surface area contributed by atoms with Gasteiger partial charge in [0.05, 0.1) is 12.8 Å². The third kappa shape index (κ3) is 28.7. The summed E-state index contributed by atoms with van der Waals surface area (Å²) in [6.07, 6.45) is 5.29. The second-order valence-electron chi connectivity index (χ2n) is 19.9. The summed E-state index contributed by atoms with van der Waals surface area (Å²) in [5.41, 5.74) is -1.42. The summed E-state index contributed by atoms with van der Waals surface area (Å²) in [7, 11) is 6.08. The molecule has 2 atom stereocenters. The molecule has 26 nitrogen and oxygen atoms in total. The molecule has 77 heavy (non-hydrogen) atoms. The van der Waals surface area contributed by atoms with Gasteiger partial charge in [-0.15, -0.1) is 0 Å².